The fourth-order valence-corrected chi connectivity index (χ4v) is 3.95. The number of aliphatic carboxylic acids is 1. The molecule has 0 spiro atoms. The van der Waals surface area contributed by atoms with Crippen molar-refractivity contribution < 1.29 is 24.2 Å². The first kappa shape index (κ1) is 22.9. The van der Waals surface area contributed by atoms with Crippen LogP contribution in [0, 0.1) is 0 Å². The van der Waals surface area contributed by atoms with Gasteiger partial charge in [-0.3, -0.25) is 9.69 Å². The third-order valence-corrected chi connectivity index (χ3v) is 5.55. The molecule has 1 aliphatic rings. The summed E-state index contributed by atoms with van der Waals surface area (Å²) in [5.74, 6) is 0.354. The molecule has 31 heavy (non-hydrogen) atoms. The summed E-state index contributed by atoms with van der Waals surface area (Å²) in [5, 5.41) is 9.45. The van der Waals surface area contributed by atoms with Crippen LogP contribution in [0.5, 0.6) is 11.5 Å². The van der Waals surface area contributed by atoms with Gasteiger partial charge in [0.25, 0.3) is 0 Å². The second-order valence-electron chi connectivity index (χ2n) is 7.63. The normalized spacial score (nSPS) is 16.7. The molecule has 1 saturated heterocycles. The van der Waals surface area contributed by atoms with Crippen molar-refractivity contribution in [2.75, 3.05) is 33.4 Å². The third-order valence-electron chi connectivity index (χ3n) is 5.31. The molecule has 8 heteroatoms. The maximum atomic E-state index is 12.8. The fraction of sp³-hybridized carbons (Fsp3) is 0.391. The van der Waals surface area contributed by atoms with Crippen molar-refractivity contribution >= 4 is 23.5 Å². The molecule has 1 atom stereocenters. The average molecular weight is 447 g/mol. The first-order valence-electron chi connectivity index (χ1n) is 10.1. The SMILES string of the molecule is COc1ccc(CC(=O)N2CCN(Cc3cc(Cl)ccc3OCC(=O)O)C[C@@H]2C)cc1. The van der Waals surface area contributed by atoms with E-state index in [4.69, 9.17) is 26.2 Å². The van der Waals surface area contributed by atoms with Gasteiger partial charge in [-0.1, -0.05) is 23.7 Å². The Balaban J connectivity index is 1.59. The van der Waals surface area contributed by atoms with Crippen molar-refractivity contribution in [1.82, 2.24) is 9.80 Å². The van der Waals surface area contributed by atoms with Crippen LogP contribution in [-0.4, -0.2) is 66.2 Å². The number of ether oxygens (including phenoxy) is 2. The number of carbonyl (C=O) groups excluding carboxylic acids is 1. The van der Waals surface area contributed by atoms with E-state index in [1.165, 1.54) is 0 Å². The summed E-state index contributed by atoms with van der Waals surface area (Å²) in [7, 11) is 1.62. The Bertz CT molecular complexity index is 919. The van der Waals surface area contributed by atoms with Gasteiger partial charge in [0.05, 0.1) is 13.5 Å². The molecule has 1 heterocycles. The number of nitrogens with zero attached hydrogens (tertiary/aromatic N) is 2. The molecule has 0 aromatic heterocycles. The average Bonchev–Trinajstić information content (AvgIpc) is 2.73. The fourth-order valence-electron chi connectivity index (χ4n) is 3.76. The lowest BCUT2D eigenvalue weighted by atomic mass is 10.1. The van der Waals surface area contributed by atoms with E-state index in [-0.39, 0.29) is 11.9 Å². The van der Waals surface area contributed by atoms with E-state index in [0.717, 1.165) is 16.9 Å². The Labute approximate surface area is 187 Å². The number of carboxylic acids is 1. The van der Waals surface area contributed by atoms with Crippen LogP contribution in [0.4, 0.5) is 0 Å². The first-order chi connectivity index (χ1) is 14.9. The van der Waals surface area contributed by atoms with Crippen LogP contribution >= 0.6 is 11.6 Å². The number of amides is 1. The Kier molecular flexibility index (Phi) is 7.76. The number of rotatable bonds is 8. The lowest BCUT2D eigenvalue weighted by molar-refractivity contribution is -0.139. The molecule has 1 fully saturated rings. The first-order valence-corrected chi connectivity index (χ1v) is 10.5. The van der Waals surface area contributed by atoms with Crippen molar-refractivity contribution in [3.05, 3.63) is 58.6 Å². The number of halogens is 1. The van der Waals surface area contributed by atoms with E-state index in [0.29, 0.717) is 43.4 Å². The van der Waals surface area contributed by atoms with Gasteiger partial charge in [0.2, 0.25) is 5.91 Å². The van der Waals surface area contributed by atoms with Crippen LogP contribution in [0.25, 0.3) is 0 Å². The molecule has 2 aromatic carbocycles. The highest BCUT2D eigenvalue weighted by molar-refractivity contribution is 6.30. The van der Waals surface area contributed by atoms with Crippen LogP contribution < -0.4 is 9.47 Å². The van der Waals surface area contributed by atoms with E-state index < -0.39 is 12.6 Å². The van der Waals surface area contributed by atoms with Gasteiger partial charge in [-0.2, -0.15) is 0 Å². The molecule has 166 valence electrons. The number of piperazine rings is 1. The highest BCUT2D eigenvalue weighted by Crippen LogP contribution is 2.26. The van der Waals surface area contributed by atoms with Gasteiger partial charge < -0.3 is 19.5 Å². The van der Waals surface area contributed by atoms with Gasteiger partial charge in [0.15, 0.2) is 6.61 Å². The predicted molar refractivity (Wildman–Crippen MR) is 118 cm³/mol. The lowest BCUT2D eigenvalue weighted by Gasteiger charge is -2.40. The quantitative estimate of drug-likeness (QED) is 0.671. The van der Waals surface area contributed by atoms with Crippen LogP contribution in [0.1, 0.15) is 18.1 Å². The largest absolute Gasteiger partial charge is 0.497 e. The summed E-state index contributed by atoms with van der Waals surface area (Å²) in [6.07, 6.45) is 0.357. The molecule has 1 aliphatic heterocycles. The van der Waals surface area contributed by atoms with E-state index in [1.807, 2.05) is 36.1 Å². The Hall–Kier alpha value is -2.77. The Morgan fingerprint density at radius 1 is 1.16 bits per heavy atom. The van der Waals surface area contributed by atoms with E-state index in [1.54, 1.807) is 25.3 Å². The zero-order chi connectivity index (χ0) is 22.4. The van der Waals surface area contributed by atoms with Gasteiger partial charge in [0.1, 0.15) is 11.5 Å². The van der Waals surface area contributed by atoms with Crippen LogP contribution in [0.2, 0.25) is 5.02 Å². The summed E-state index contributed by atoms with van der Waals surface area (Å²) in [6.45, 7) is 4.25. The minimum Gasteiger partial charge on any atom is -0.497 e. The lowest BCUT2D eigenvalue weighted by Crippen LogP contribution is -2.54. The van der Waals surface area contributed by atoms with Gasteiger partial charge in [-0.05, 0) is 42.8 Å². The number of hydrogen-bond donors (Lipinski definition) is 1. The maximum absolute atomic E-state index is 12.8. The Morgan fingerprint density at radius 2 is 1.90 bits per heavy atom. The standard InChI is InChI=1S/C23H27ClN2O5/c1-16-13-25(14-18-12-19(24)5-8-21(18)31-15-23(28)29)9-10-26(16)22(27)11-17-3-6-20(30-2)7-4-17/h3-8,12,16H,9-11,13-15H2,1-2H3,(H,28,29)/t16-/m0/s1. The van der Waals surface area contributed by atoms with Gasteiger partial charge >= 0.3 is 5.97 Å². The van der Waals surface area contributed by atoms with Crippen molar-refractivity contribution in [2.24, 2.45) is 0 Å². The van der Waals surface area contributed by atoms with Crippen LogP contribution in [0.15, 0.2) is 42.5 Å². The second-order valence-corrected chi connectivity index (χ2v) is 8.07. The smallest absolute Gasteiger partial charge is 0.341 e. The summed E-state index contributed by atoms with van der Waals surface area (Å²) < 4.78 is 10.6. The summed E-state index contributed by atoms with van der Waals surface area (Å²) >= 11 is 6.14. The summed E-state index contributed by atoms with van der Waals surface area (Å²) in [6, 6.07) is 12.8. The molecule has 2 aromatic rings. The number of methoxy groups -OCH3 is 1. The number of benzene rings is 2. The minimum atomic E-state index is -1.03. The number of hydrogen-bond acceptors (Lipinski definition) is 5. The summed E-state index contributed by atoms with van der Waals surface area (Å²) in [4.78, 5) is 27.8. The molecule has 7 nitrogen and oxygen atoms in total. The second kappa shape index (κ2) is 10.5. The molecular weight excluding hydrogens is 420 g/mol. The Morgan fingerprint density at radius 3 is 2.55 bits per heavy atom. The maximum Gasteiger partial charge on any atom is 0.341 e. The third kappa shape index (κ3) is 6.35. The summed E-state index contributed by atoms with van der Waals surface area (Å²) in [5.41, 5.74) is 1.79. The van der Waals surface area contributed by atoms with E-state index >= 15 is 0 Å². The van der Waals surface area contributed by atoms with Gasteiger partial charge in [0, 0.05) is 42.8 Å². The van der Waals surface area contributed by atoms with Gasteiger partial charge in [-0.25, -0.2) is 4.79 Å². The molecular formula is C23H27ClN2O5. The van der Waals surface area contributed by atoms with Crippen molar-refractivity contribution in [2.45, 2.75) is 25.9 Å². The molecule has 1 N–H and O–H groups in total. The minimum absolute atomic E-state index is 0.0575. The van der Waals surface area contributed by atoms with Crippen molar-refractivity contribution in [3.63, 3.8) is 0 Å². The number of carbonyl (C=O) groups is 2. The topological polar surface area (TPSA) is 79.3 Å². The van der Waals surface area contributed by atoms with Crippen molar-refractivity contribution in [3.8, 4) is 11.5 Å². The highest BCUT2D eigenvalue weighted by Gasteiger charge is 2.28. The monoisotopic (exact) mass is 446 g/mol. The zero-order valence-corrected chi connectivity index (χ0v) is 18.5. The molecule has 0 bridgehead atoms. The zero-order valence-electron chi connectivity index (χ0n) is 17.7. The van der Waals surface area contributed by atoms with E-state index in [9.17, 15) is 9.59 Å². The molecule has 1 amide bonds. The number of carboxylic acid groups (broad SMARTS) is 1. The van der Waals surface area contributed by atoms with Crippen LogP contribution in [0.3, 0.4) is 0 Å². The molecule has 0 radical (unpaired) electrons. The van der Waals surface area contributed by atoms with Gasteiger partial charge in [-0.15, -0.1) is 0 Å². The van der Waals surface area contributed by atoms with Crippen molar-refractivity contribution in [1.29, 1.82) is 0 Å². The van der Waals surface area contributed by atoms with E-state index in [2.05, 4.69) is 4.90 Å². The predicted octanol–water partition coefficient (Wildman–Crippen LogP) is 3.09. The van der Waals surface area contributed by atoms with Crippen LogP contribution in [-0.2, 0) is 22.6 Å². The molecule has 0 unspecified atom stereocenters. The molecule has 0 saturated carbocycles. The molecule has 3 rings (SSSR count). The highest BCUT2D eigenvalue weighted by atomic mass is 35.5. The molecule has 0 aliphatic carbocycles.